The second kappa shape index (κ2) is 2.94. The SMILES string of the molecule is CC(C)(C)c1cn[nH]c1C(=O)C1CC1. The average molecular weight is 192 g/mol. The highest BCUT2D eigenvalue weighted by atomic mass is 16.1. The Morgan fingerprint density at radius 1 is 1.50 bits per heavy atom. The zero-order valence-electron chi connectivity index (χ0n) is 8.92. The molecule has 1 aromatic heterocycles. The largest absolute Gasteiger partial charge is 0.292 e. The van der Waals surface area contributed by atoms with Crippen LogP contribution in [0.1, 0.15) is 49.7 Å². The molecule has 3 heteroatoms. The summed E-state index contributed by atoms with van der Waals surface area (Å²) >= 11 is 0. The number of aromatic nitrogens is 2. The lowest BCUT2D eigenvalue weighted by Crippen LogP contribution is -2.16. The van der Waals surface area contributed by atoms with Crippen LogP contribution in [0.25, 0.3) is 0 Å². The zero-order chi connectivity index (χ0) is 10.3. The maximum absolute atomic E-state index is 11.9. The summed E-state index contributed by atoms with van der Waals surface area (Å²) < 4.78 is 0. The third kappa shape index (κ3) is 1.59. The van der Waals surface area contributed by atoms with Crippen LogP contribution in [0.5, 0.6) is 0 Å². The molecule has 0 atom stereocenters. The normalized spacial score (nSPS) is 17.1. The van der Waals surface area contributed by atoms with E-state index in [2.05, 4.69) is 31.0 Å². The molecule has 1 saturated carbocycles. The second-order valence-electron chi connectivity index (χ2n) is 5.05. The molecule has 1 fully saturated rings. The topological polar surface area (TPSA) is 45.8 Å². The average Bonchev–Trinajstić information content (AvgIpc) is 2.78. The highest BCUT2D eigenvalue weighted by molar-refractivity contribution is 5.99. The van der Waals surface area contributed by atoms with Gasteiger partial charge in [0.25, 0.3) is 0 Å². The van der Waals surface area contributed by atoms with Crippen LogP contribution < -0.4 is 0 Å². The molecular formula is C11H16N2O. The lowest BCUT2D eigenvalue weighted by atomic mass is 9.86. The van der Waals surface area contributed by atoms with Gasteiger partial charge in [-0.15, -0.1) is 0 Å². The Morgan fingerprint density at radius 3 is 2.64 bits per heavy atom. The van der Waals surface area contributed by atoms with E-state index in [1.165, 1.54) is 0 Å². The van der Waals surface area contributed by atoms with Crippen molar-refractivity contribution in [3.05, 3.63) is 17.5 Å². The number of hydrogen-bond acceptors (Lipinski definition) is 2. The van der Waals surface area contributed by atoms with Crippen LogP contribution in [0.3, 0.4) is 0 Å². The molecule has 0 saturated heterocycles. The Bertz CT molecular complexity index is 356. The van der Waals surface area contributed by atoms with Crippen LogP contribution in [-0.2, 0) is 5.41 Å². The Labute approximate surface area is 83.9 Å². The molecule has 2 rings (SSSR count). The molecule has 1 aliphatic carbocycles. The van der Waals surface area contributed by atoms with Crippen molar-refractivity contribution in [2.75, 3.05) is 0 Å². The number of nitrogens with zero attached hydrogens (tertiary/aromatic N) is 1. The van der Waals surface area contributed by atoms with E-state index in [4.69, 9.17) is 0 Å². The monoisotopic (exact) mass is 192 g/mol. The van der Waals surface area contributed by atoms with Crippen LogP contribution in [-0.4, -0.2) is 16.0 Å². The summed E-state index contributed by atoms with van der Waals surface area (Å²) in [5.74, 6) is 0.504. The van der Waals surface area contributed by atoms with Gasteiger partial charge in [-0.1, -0.05) is 20.8 Å². The van der Waals surface area contributed by atoms with Crippen molar-refractivity contribution in [1.29, 1.82) is 0 Å². The number of nitrogens with one attached hydrogen (secondary N) is 1. The van der Waals surface area contributed by atoms with Gasteiger partial charge in [-0.05, 0) is 18.3 Å². The molecule has 14 heavy (non-hydrogen) atoms. The Hall–Kier alpha value is -1.12. The standard InChI is InChI=1S/C11H16N2O/c1-11(2,3)8-6-12-13-9(8)10(14)7-4-5-7/h6-7H,4-5H2,1-3H3,(H,12,13). The van der Waals surface area contributed by atoms with Crippen molar-refractivity contribution in [2.24, 2.45) is 5.92 Å². The van der Waals surface area contributed by atoms with Gasteiger partial charge < -0.3 is 0 Å². The van der Waals surface area contributed by atoms with E-state index >= 15 is 0 Å². The van der Waals surface area contributed by atoms with Crippen molar-refractivity contribution in [3.63, 3.8) is 0 Å². The summed E-state index contributed by atoms with van der Waals surface area (Å²) in [7, 11) is 0. The number of Topliss-reactive ketones (excluding diaryl/α,β-unsaturated/α-hetero) is 1. The molecule has 1 heterocycles. The lowest BCUT2D eigenvalue weighted by molar-refractivity contribution is 0.0960. The van der Waals surface area contributed by atoms with Crippen LogP contribution in [0.2, 0.25) is 0 Å². The predicted molar refractivity (Wildman–Crippen MR) is 54.3 cm³/mol. The first-order valence-electron chi connectivity index (χ1n) is 5.08. The number of hydrogen-bond donors (Lipinski definition) is 1. The minimum atomic E-state index is -0.00706. The number of carbonyl (C=O) groups is 1. The third-order valence-electron chi connectivity index (χ3n) is 2.64. The van der Waals surface area contributed by atoms with Gasteiger partial charge >= 0.3 is 0 Å². The Kier molecular flexibility index (Phi) is 1.98. The maximum atomic E-state index is 11.9. The van der Waals surface area contributed by atoms with Crippen molar-refractivity contribution >= 4 is 5.78 Å². The van der Waals surface area contributed by atoms with E-state index in [1.54, 1.807) is 6.20 Å². The van der Waals surface area contributed by atoms with Crippen LogP contribution in [0.4, 0.5) is 0 Å². The molecule has 0 aliphatic heterocycles. The fourth-order valence-electron chi connectivity index (χ4n) is 1.59. The molecule has 0 spiro atoms. The van der Waals surface area contributed by atoms with E-state index in [0.717, 1.165) is 24.1 Å². The Balaban J connectivity index is 2.33. The first-order valence-corrected chi connectivity index (χ1v) is 5.08. The van der Waals surface area contributed by atoms with Gasteiger partial charge in [-0.2, -0.15) is 5.10 Å². The lowest BCUT2D eigenvalue weighted by Gasteiger charge is -2.17. The molecule has 0 amide bonds. The van der Waals surface area contributed by atoms with Crippen molar-refractivity contribution in [2.45, 2.75) is 39.0 Å². The maximum Gasteiger partial charge on any atom is 0.183 e. The molecule has 1 aliphatic rings. The van der Waals surface area contributed by atoms with Gasteiger partial charge in [0.05, 0.1) is 6.20 Å². The predicted octanol–water partition coefficient (Wildman–Crippen LogP) is 2.30. The molecule has 0 bridgehead atoms. The Morgan fingerprint density at radius 2 is 2.14 bits per heavy atom. The fraction of sp³-hybridized carbons (Fsp3) is 0.636. The highest BCUT2D eigenvalue weighted by Gasteiger charge is 2.34. The van der Waals surface area contributed by atoms with Gasteiger partial charge in [0.15, 0.2) is 5.78 Å². The molecule has 1 aromatic rings. The summed E-state index contributed by atoms with van der Waals surface area (Å²) in [4.78, 5) is 11.9. The molecule has 0 unspecified atom stereocenters. The summed E-state index contributed by atoms with van der Waals surface area (Å²) in [5.41, 5.74) is 1.75. The molecule has 0 aromatic carbocycles. The van der Waals surface area contributed by atoms with Gasteiger partial charge in [-0.3, -0.25) is 9.89 Å². The molecule has 3 nitrogen and oxygen atoms in total. The fourth-order valence-corrected chi connectivity index (χ4v) is 1.59. The number of aromatic amines is 1. The van der Waals surface area contributed by atoms with E-state index in [-0.39, 0.29) is 17.1 Å². The van der Waals surface area contributed by atoms with Crippen molar-refractivity contribution in [1.82, 2.24) is 10.2 Å². The number of carbonyl (C=O) groups excluding carboxylic acids is 1. The molecular weight excluding hydrogens is 176 g/mol. The number of H-pyrrole nitrogens is 1. The summed E-state index contributed by atoms with van der Waals surface area (Å²) in [6, 6.07) is 0. The quantitative estimate of drug-likeness (QED) is 0.731. The summed E-state index contributed by atoms with van der Waals surface area (Å²) in [6.07, 6.45) is 3.86. The van der Waals surface area contributed by atoms with Gasteiger partial charge in [-0.25, -0.2) is 0 Å². The smallest absolute Gasteiger partial charge is 0.183 e. The number of ketones is 1. The second-order valence-corrected chi connectivity index (χ2v) is 5.05. The summed E-state index contributed by atoms with van der Waals surface area (Å²) in [5, 5.41) is 6.81. The van der Waals surface area contributed by atoms with E-state index in [1.807, 2.05) is 0 Å². The molecule has 76 valence electrons. The van der Waals surface area contributed by atoms with Gasteiger partial charge in [0, 0.05) is 11.5 Å². The zero-order valence-corrected chi connectivity index (χ0v) is 8.92. The van der Waals surface area contributed by atoms with Gasteiger partial charge in [0.1, 0.15) is 5.69 Å². The van der Waals surface area contributed by atoms with Crippen LogP contribution in [0.15, 0.2) is 6.20 Å². The molecule has 0 radical (unpaired) electrons. The number of rotatable bonds is 2. The van der Waals surface area contributed by atoms with Gasteiger partial charge in [0.2, 0.25) is 0 Å². The minimum Gasteiger partial charge on any atom is -0.292 e. The van der Waals surface area contributed by atoms with Crippen molar-refractivity contribution < 1.29 is 4.79 Å². The van der Waals surface area contributed by atoms with Crippen LogP contribution >= 0.6 is 0 Å². The third-order valence-corrected chi connectivity index (χ3v) is 2.64. The van der Waals surface area contributed by atoms with Crippen molar-refractivity contribution in [3.8, 4) is 0 Å². The van der Waals surface area contributed by atoms with E-state index in [0.29, 0.717) is 0 Å². The van der Waals surface area contributed by atoms with Crippen LogP contribution in [0, 0.1) is 5.92 Å². The van der Waals surface area contributed by atoms with E-state index < -0.39 is 0 Å². The first-order chi connectivity index (χ1) is 6.50. The summed E-state index contributed by atoms with van der Waals surface area (Å²) in [6.45, 7) is 6.30. The van der Waals surface area contributed by atoms with E-state index in [9.17, 15) is 4.79 Å². The minimum absolute atomic E-state index is 0.00706. The highest BCUT2D eigenvalue weighted by Crippen LogP contribution is 2.35. The molecule has 1 N–H and O–H groups in total. The first kappa shape index (κ1) is 9.44.